The zero-order chi connectivity index (χ0) is 12.0. The molecule has 0 aliphatic carbocycles. The lowest BCUT2D eigenvalue weighted by Gasteiger charge is -1.96. The fourth-order valence-corrected chi connectivity index (χ4v) is 0.350. The Labute approximate surface area is 87.5 Å². The van der Waals surface area contributed by atoms with Crippen molar-refractivity contribution in [3.05, 3.63) is 24.8 Å². The number of methoxy groups -OCH3 is 1. The van der Waals surface area contributed by atoms with E-state index < -0.39 is 0 Å². The van der Waals surface area contributed by atoms with Crippen molar-refractivity contribution in [1.29, 1.82) is 10.8 Å². The third kappa shape index (κ3) is 13.2. The number of ether oxygens (including phenoxy) is 1. The average molecular weight is 198 g/mol. The molecule has 82 valence electrons. The predicted octanol–water partition coefficient (Wildman–Crippen LogP) is 3.42. The van der Waals surface area contributed by atoms with Crippen LogP contribution >= 0.6 is 0 Å². The van der Waals surface area contributed by atoms with Crippen LogP contribution in [-0.4, -0.2) is 18.7 Å². The topological polar surface area (TPSA) is 56.9 Å². The molecule has 0 rings (SSSR count). The molecule has 0 bridgehead atoms. The smallest absolute Gasteiger partial charge is 0.231 e. The molecule has 0 saturated carbocycles. The van der Waals surface area contributed by atoms with Crippen LogP contribution in [0.3, 0.4) is 0 Å². The summed E-state index contributed by atoms with van der Waals surface area (Å²) in [6.45, 7) is 11.4. The van der Waals surface area contributed by atoms with Gasteiger partial charge >= 0.3 is 0 Å². The highest BCUT2D eigenvalue weighted by Gasteiger charge is 1.96. The van der Waals surface area contributed by atoms with Gasteiger partial charge in [-0.15, -0.1) is 0 Å². The van der Waals surface area contributed by atoms with Crippen LogP contribution < -0.4 is 0 Å². The number of rotatable bonds is 3. The lowest BCUT2D eigenvalue weighted by molar-refractivity contribution is 0.407. The van der Waals surface area contributed by atoms with Crippen LogP contribution in [0.4, 0.5) is 0 Å². The van der Waals surface area contributed by atoms with Gasteiger partial charge in [0.15, 0.2) is 0 Å². The fourth-order valence-electron chi connectivity index (χ4n) is 0.350. The first kappa shape index (κ1) is 18.4. The van der Waals surface area contributed by atoms with E-state index in [0.717, 1.165) is 0 Å². The van der Waals surface area contributed by atoms with E-state index in [0.29, 0.717) is 0 Å². The van der Waals surface area contributed by atoms with Gasteiger partial charge in [-0.05, 0) is 6.08 Å². The van der Waals surface area contributed by atoms with Crippen LogP contribution in [-0.2, 0) is 4.74 Å². The van der Waals surface area contributed by atoms with Crippen molar-refractivity contribution in [2.75, 3.05) is 7.11 Å². The van der Waals surface area contributed by atoms with Crippen LogP contribution in [0.15, 0.2) is 24.8 Å². The average Bonchev–Trinajstić information content (AvgIpc) is 2.30. The first-order valence-electron chi connectivity index (χ1n) is 4.73. The quantitative estimate of drug-likeness (QED) is 0.407. The predicted molar refractivity (Wildman–Crippen MR) is 64.5 cm³/mol. The number of allylic oxidation sites excluding steroid dienone is 2. The van der Waals surface area contributed by atoms with Crippen LogP contribution in [0.25, 0.3) is 0 Å². The van der Waals surface area contributed by atoms with E-state index in [1.807, 2.05) is 27.7 Å². The van der Waals surface area contributed by atoms with E-state index in [9.17, 15) is 0 Å². The molecule has 0 radical (unpaired) electrons. The van der Waals surface area contributed by atoms with E-state index in [4.69, 9.17) is 10.8 Å². The molecule has 0 saturated heterocycles. The molecule has 0 aromatic carbocycles. The Balaban J connectivity index is -0.000000266. The maximum absolute atomic E-state index is 7.11. The Morgan fingerprint density at radius 3 is 1.86 bits per heavy atom. The van der Waals surface area contributed by atoms with Crippen LogP contribution in [0.1, 0.15) is 27.7 Å². The van der Waals surface area contributed by atoms with Crippen LogP contribution in [0, 0.1) is 10.8 Å². The highest BCUT2D eigenvalue weighted by atomic mass is 16.5. The summed E-state index contributed by atoms with van der Waals surface area (Å²) in [5.74, 6) is -0.141. The summed E-state index contributed by atoms with van der Waals surface area (Å²) in [5.41, 5.74) is 0.0439. The van der Waals surface area contributed by atoms with E-state index in [1.54, 1.807) is 6.08 Å². The highest BCUT2D eigenvalue weighted by molar-refractivity contribution is 6.40. The summed E-state index contributed by atoms with van der Waals surface area (Å²) in [6, 6.07) is 0. The van der Waals surface area contributed by atoms with Crippen molar-refractivity contribution < 1.29 is 4.74 Å². The molecule has 3 heteroatoms. The lowest BCUT2D eigenvalue weighted by Crippen LogP contribution is -2.10. The molecule has 14 heavy (non-hydrogen) atoms. The highest BCUT2D eigenvalue weighted by Crippen LogP contribution is 1.82. The summed E-state index contributed by atoms with van der Waals surface area (Å²) in [4.78, 5) is 0. The molecule has 3 nitrogen and oxygen atoms in total. The SMILES string of the molecule is C=C/C=C\C(=N)C(=N)OC.CC.CC. The third-order valence-electron chi connectivity index (χ3n) is 0.848. The monoisotopic (exact) mass is 198 g/mol. The van der Waals surface area contributed by atoms with Gasteiger partial charge in [-0.3, -0.25) is 10.8 Å². The zero-order valence-corrected chi connectivity index (χ0v) is 9.85. The Hall–Kier alpha value is -1.38. The Morgan fingerprint density at radius 1 is 1.14 bits per heavy atom. The van der Waals surface area contributed by atoms with Crippen molar-refractivity contribution in [1.82, 2.24) is 0 Å². The minimum absolute atomic E-state index is 0.0439. The van der Waals surface area contributed by atoms with E-state index in [-0.39, 0.29) is 11.6 Å². The fraction of sp³-hybridized carbons (Fsp3) is 0.455. The summed E-state index contributed by atoms with van der Waals surface area (Å²) in [5, 5.41) is 14.1. The molecule has 0 atom stereocenters. The Kier molecular flexibility index (Phi) is 23.2. The molecule has 0 spiro atoms. The number of hydrogen-bond acceptors (Lipinski definition) is 3. The first-order chi connectivity index (χ1) is 6.72. The van der Waals surface area contributed by atoms with Crippen LogP contribution in [0.2, 0.25) is 0 Å². The maximum atomic E-state index is 7.11. The summed E-state index contributed by atoms with van der Waals surface area (Å²) in [7, 11) is 1.36. The Morgan fingerprint density at radius 2 is 1.57 bits per heavy atom. The van der Waals surface area contributed by atoms with Crippen LogP contribution in [0.5, 0.6) is 0 Å². The van der Waals surface area contributed by atoms with Gasteiger partial charge in [0.1, 0.15) is 5.71 Å². The zero-order valence-electron chi connectivity index (χ0n) is 9.85. The lowest BCUT2D eigenvalue weighted by atomic mass is 10.3. The molecule has 2 N–H and O–H groups in total. The minimum Gasteiger partial charge on any atom is -0.480 e. The number of nitrogens with one attached hydrogen (secondary N) is 2. The first-order valence-corrected chi connectivity index (χ1v) is 4.73. The minimum atomic E-state index is -0.141. The standard InChI is InChI=1S/C7H10N2O.2C2H6/c1-3-4-5-6(8)7(9)10-2;2*1-2/h3-5,8-9H,1H2,2H3;2*1-2H3/b5-4-,8-6?,9-7?;;. The van der Waals surface area contributed by atoms with Crippen molar-refractivity contribution >= 4 is 11.6 Å². The van der Waals surface area contributed by atoms with E-state index in [2.05, 4.69) is 11.3 Å². The second-order valence-electron chi connectivity index (χ2n) is 1.54. The molecule has 0 aromatic rings. The van der Waals surface area contributed by atoms with Gasteiger partial charge in [-0.2, -0.15) is 0 Å². The van der Waals surface area contributed by atoms with Gasteiger partial charge in [0.2, 0.25) is 5.90 Å². The Bertz CT molecular complexity index is 184. The van der Waals surface area contributed by atoms with Crippen molar-refractivity contribution in [2.45, 2.75) is 27.7 Å². The molecule has 0 aliphatic rings. The largest absolute Gasteiger partial charge is 0.480 e. The van der Waals surface area contributed by atoms with Crippen molar-refractivity contribution in [3.63, 3.8) is 0 Å². The molecule has 0 unspecified atom stereocenters. The van der Waals surface area contributed by atoms with Crippen molar-refractivity contribution in [3.8, 4) is 0 Å². The summed E-state index contributed by atoms with van der Waals surface area (Å²) >= 11 is 0. The summed E-state index contributed by atoms with van der Waals surface area (Å²) < 4.78 is 4.48. The third-order valence-corrected chi connectivity index (χ3v) is 0.848. The molecule has 0 aliphatic heterocycles. The van der Waals surface area contributed by atoms with Gasteiger partial charge < -0.3 is 4.74 Å². The maximum Gasteiger partial charge on any atom is 0.231 e. The second-order valence-corrected chi connectivity index (χ2v) is 1.54. The van der Waals surface area contributed by atoms with Gasteiger partial charge in [-0.25, -0.2) is 0 Å². The molecule has 0 heterocycles. The molecular formula is C11H22N2O. The van der Waals surface area contributed by atoms with Gasteiger partial charge in [0.05, 0.1) is 7.11 Å². The normalized spacial score (nSPS) is 7.50. The number of hydrogen-bond donors (Lipinski definition) is 2. The van der Waals surface area contributed by atoms with Crippen molar-refractivity contribution in [2.24, 2.45) is 0 Å². The van der Waals surface area contributed by atoms with E-state index in [1.165, 1.54) is 19.3 Å². The molecule has 0 aromatic heterocycles. The molecule has 0 amide bonds. The van der Waals surface area contributed by atoms with Gasteiger partial charge in [0.25, 0.3) is 0 Å². The van der Waals surface area contributed by atoms with Gasteiger partial charge in [-0.1, -0.05) is 46.4 Å². The molecule has 0 fully saturated rings. The second kappa shape index (κ2) is 17.6. The molecular weight excluding hydrogens is 176 g/mol. The van der Waals surface area contributed by atoms with E-state index >= 15 is 0 Å². The van der Waals surface area contributed by atoms with Gasteiger partial charge in [0, 0.05) is 0 Å². The summed E-state index contributed by atoms with van der Waals surface area (Å²) in [6.07, 6.45) is 4.56.